The van der Waals surface area contributed by atoms with Crippen molar-refractivity contribution in [1.82, 2.24) is 9.99 Å². The van der Waals surface area contributed by atoms with E-state index in [2.05, 4.69) is 26.5 Å². The van der Waals surface area contributed by atoms with Gasteiger partial charge in [0.25, 0.3) is 5.91 Å². The van der Waals surface area contributed by atoms with E-state index in [1.54, 1.807) is 22.8 Å². The highest BCUT2D eigenvalue weighted by atomic mass is 79.9. The van der Waals surface area contributed by atoms with Gasteiger partial charge in [0.15, 0.2) is 0 Å². The molecule has 0 aliphatic rings. The first-order valence-electron chi connectivity index (χ1n) is 7.70. The van der Waals surface area contributed by atoms with Gasteiger partial charge in [0, 0.05) is 28.5 Å². The van der Waals surface area contributed by atoms with Crippen LogP contribution in [0.4, 0.5) is 5.69 Å². The fourth-order valence-electron chi connectivity index (χ4n) is 2.45. The number of aromatic hydroxyl groups is 1. The Kier molecular flexibility index (Phi) is 5.32. The normalized spacial score (nSPS) is 10.9. The molecule has 2 N–H and O–H groups in total. The standard InChI is InChI=1S/C18H13BrN4O4/c19-13-9-12(17(24)16(10-13)23(26)27)11-20-21-18(25)14-5-1-2-6-15(14)22-7-3-4-8-22/h1-11,24H,(H,21,25)/b20-11-. The predicted molar refractivity (Wildman–Crippen MR) is 103 cm³/mol. The molecule has 0 fully saturated rings. The van der Waals surface area contributed by atoms with Crippen LogP contribution in [-0.2, 0) is 0 Å². The van der Waals surface area contributed by atoms with Crippen LogP contribution in [0.1, 0.15) is 15.9 Å². The molecule has 1 heterocycles. The van der Waals surface area contributed by atoms with Crippen molar-refractivity contribution in [3.8, 4) is 11.4 Å². The number of phenolic OH excluding ortho intramolecular Hbond substituents is 1. The number of hydrazone groups is 1. The van der Waals surface area contributed by atoms with E-state index in [0.29, 0.717) is 15.7 Å². The number of nitro groups is 1. The maximum Gasteiger partial charge on any atom is 0.312 e. The van der Waals surface area contributed by atoms with E-state index in [1.807, 2.05) is 30.6 Å². The summed E-state index contributed by atoms with van der Waals surface area (Å²) in [6.07, 6.45) is 4.77. The molecule has 27 heavy (non-hydrogen) atoms. The van der Waals surface area contributed by atoms with Gasteiger partial charge >= 0.3 is 5.69 Å². The summed E-state index contributed by atoms with van der Waals surface area (Å²) < 4.78 is 2.19. The highest BCUT2D eigenvalue weighted by Gasteiger charge is 2.18. The summed E-state index contributed by atoms with van der Waals surface area (Å²) in [5, 5.41) is 24.7. The zero-order chi connectivity index (χ0) is 19.4. The van der Waals surface area contributed by atoms with Crippen molar-refractivity contribution in [2.45, 2.75) is 0 Å². The number of phenols is 1. The lowest BCUT2D eigenvalue weighted by Crippen LogP contribution is -2.19. The minimum Gasteiger partial charge on any atom is -0.502 e. The van der Waals surface area contributed by atoms with Crippen LogP contribution >= 0.6 is 15.9 Å². The van der Waals surface area contributed by atoms with Crippen LogP contribution in [0.2, 0.25) is 0 Å². The fourth-order valence-corrected chi connectivity index (χ4v) is 2.91. The van der Waals surface area contributed by atoms with Crippen molar-refractivity contribution in [3.05, 3.63) is 86.6 Å². The third-order valence-corrected chi connectivity index (χ3v) is 4.14. The molecule has 9 heteroatoms. The zero-order valence-corrected chi connectivity index (χ0v) is 15.3. The Balaban J connectivity index is 1.83. The number of aromatic nitrogens is 1. The molecule has 0 aliphatic carbocycles. The van der Waals surface area contributed by atoms with Gasteiger partial charge in [-0.25, -0.2) is 5.43 Å². The summed E-state index contributed by atoms with van der Waals surface area (Å²) in [5.74, 6) is -0.992. The molecule has 2 aromatic carbocycles. The van der Waals surface area contributed by atoms with Gasteiger partial charge < -0.3 is 9.67 Å². The molecular weight excluding hydrogens is 416 g/mol. The van der Waals surface area contributed by atoms with Crippen LogP contribution in [0.25, 0.3) is 5.69 Å². The second-order valence-electron chi connectivity index (χ2n) is 5.43. The van der Waals surface area contributed by atoms with Crippen molar-refractivity contribution in [2.24, 2.45) is 5.10 Å². The second-order valence-corrected chi connectivity index (χ2v) is 6.34. The molecule has 1 amide bonds. The smallest absolute Gasteiger partial charge is 0.312 e. The highest BCUT2D eigenvalue weighted by molar-refractivity contribution is 9.10. The van der Waals surface area contributed by atoms with E-state index < -0.39 is 22.3 Å². The fraction of sp³-hybridized carbons (Fsp3) is 0. The Morgan fingerprint density at radius 2 is 1.93 bits per heavy atom. The molecule has 3 rings (SSSR count). The Morgan fingerprint density at radius 1 is 1.22 bits per heavy atom. The first kappa shape index (κ1) is 18.3. The molecule has 0 spiro atoms. The number of nitrogens with one attached hydrogen (secondary N) is 1. The van der Waals surface area contributed by atoms with E-state index in [0.717, 1.165) is 6.21 Å². The Bertz CT molecular complexity index is 1030. The minimum absolute atomic E-state index is 0.0927. The minimum atomic E-state index is -0.705. The quantitative estimate of drug-likeness (QED) is 0.367. The number of carbonyl (C=O) groups excluding carboxylic acids is 1. The lowest BCUT2D eigenvalue weighted by Gasteiger charge is -2.09. The van der Waals surface area contributed by atoms with Crippen LogP contribution in [0, 0.1) is 10.1 Å². The Labute approximate surface area is 162 Å². The number of rotatable bonds is 5. The molecule has 0 aliphatic heterocycles. The number of hydrogen-bond acceptors (Lipinski definition) is 5. The first-order chi connectivity index (χ1) is 13.0. The van der Waals surface area contributed by atoms with Crippen molar-refractivity contribution in [3.63, 3.8) is 0 Å². The van der Waals surface area contributed by atoms with Crippen molar-refractivity contribution >= 4 is 33.7 Å². The summed E-state index contributed by atoms with van der Waals surface area (Å²) in [6, 6.07) is 13.3. The predicted octanol–water partition coefficient (Wildman–Crippen LogP) is 3.62. The van der Waals surface area contributed by atoms with Crippen molar-refractivity contribution in [1.29, 1.82) is 0 Å². The summed E-state index contributed by atoms with van der Waals surface area (Å²) in [4.78, 5) is 22.7. The monoisotopic (exact) mass is 428 g/mol. The van der Waals surface area contributed by atoms with Crippen molar-refractivity contribution in [2.75, 3.05) is 0 Å². The number of halogens is 1. The summed E-state index contributed by atoms with van der Waals surface area (Å²) in [7, 11) is 0. The first-order valence-corrected chi connectivity index (χ1v) is 8.49. The van der Waals surface area contributed by atoms with Crippen LogP contribution in [0.3, 0.4) is 0 Å². The molecule has 8 nitrogen and oxygen atoms in total. The molecule has 0 unspecified atom stereocenters. The van der Waals surface area contributed by atoms with Gasteiger partial charge in [0.05, 0.1) is 22.4 Å². The van der Waals surface area contributed by atoms with Gasteiger partial charge in [-0.3, -0.25) is 14.9 Å². The molecular formula is C18H13BrN4O4. The lowest BCUT2D eigenvalue weighted by atomic mass is 10.1. The number of amides is 1. The summed E-state index contributed by atoms with van der Waals surface area (Å²) in [6.45, 7) is 0. The van der Waals surface area contributed by atoms with Gasteiger partial charge in [-0.15, -0.1) is 0 Å². The lowest BCUT2D eigenvalue weighted by molar-refractivity contribution is -0.385. The topological polar surface area (TPSA) is 110 Å². The number of para-hydroxylation sites is 1. The molecule has 0 saturated carbocycles. The third-order valence-electron chi connectivity index (χ3n) is 3.68. The number of nitro benzene ring substituents is 1. The summed E-state index contributed by atoms with van der Waals surface area (Å²) >= 11 is 3.14. The maximum atomic E-state index is 12.5. The van der Waals surface area contributed by atoms with Crippen LogP contribution in [0.5, 0.6) is 5.75 Å². The molecule has 1 aromatic heterocycles. The van der Waals surface area contributed by atoms with E-state index in [9.17, 15) is 20.0 Å². The third kappa shape index (κ3) is 4.04. The molecule has 0 radical (unpaired) electrons. The Hall–Kier alpha value is -3.46. The van der Waals surface area contributed by atoms with Gasteiger partial charge in [-0.2, -0.15) is 5.10 Å². The molecule has 0 saturated heterocycles. The van der Waals surface area contributed by atoms with E-state index >= 15 is 0 Å². The number of nitrogens with zero attached hydrogens (tertiary/aromatic N) is 3. The van der Waals surface area contributed by atoms with Gasteiger partial charge in [0.1, 0.15) is 0 Å². The van der Waals surface area contributed by atoms with Gasteiger partial charge in [0.2, 0.25) is 5.75 Å². The SMILES string of the molecule is O=C(N/N=C\c1cc(Br)cc([N+](=O)[O-])c1O)c1ccccc1-n1cccc1. The van der Waals surface area contributed by atoms with E-state index in [4.69, 9.17) is 0 Å². The maximum absolute atomic E-state index is 12.5. The number of benzene rings is 2. The van der Waals surface area contributed by atoms with Gasteiger partial charge in [-0.1, -0.05) is 28.1 Å². The molecule has 0 bridgehead atoms. The average molecular weight is 429 g/mol. The van der Waals surface area contributed by atoms with Crippen LogP contribution < -0.4 is 5.43 Å². The number of hydrogen-bond donors (Lipinski definition) is 2. The Morgan fingerprint density at radius 3 is 2.63 bits per heavy atom. The zero-order valence-electron chi connectivity index (χ0n) is 13.7. The van der Waals surface area contributed by atoms with E-state index in [-0.39, 0.29) is 5.56 Å². The van der Waals surface area contributed by atoms with Gasteiger partial charge in [-0.05, 0) is 30.3 Å². The van der Waals surface area contributed by atoms with Crippen LogP contribution in [0.15, 0.2) is 70.5 Å². The van der Waals surface area contributed by atoms with Crippen LogP contribution in [-0.4, -0.2) is 26.7 Å². The second kappa shape index (κ2) is 7.83. The number of carbonyl (C=O) groups is 1. The largest absolute Gasteiger partial charge is 0.502 e. The molecule has 3 aromatic rings. The molecule has 136 valence electrons. The van der Waals surface area contributed by atoms with Crippen molar-refractivity contribution < 1.29 is 14.8 Å². The average Bonchev–Trinajstić information content (AvgIpc) is 3.18. The highest BCUT2D eigenvalue weighted by Crippen LogP contribution is 2.32. The molecule has 0 atom stereocenters. The van der Waals surface area contributed by atoms with E-state index in [1.165, 1.54) is 12.1 Å². The summed E-state index contributed by atoms with van der Waals surface area (Å²) in [5.41, 5.74) is 3.07.